The number of carbonyl (C=O) groups is 2. The number of hydrogen-bond acceptors (Lipinski definition) is 4. The van der Waals surface area contributed by atoms with E-state index < -0.39 is 0 Å². The molecule has 0 unspecified atom stereocenters. The summed E-state index contributed by atoms with van der Waals surface area (Å²) in [6.45, 7) is 1.42. The lowest BCUT2D eigenvalue weighted by Gasteiger charge is -2.04. The fraction of sp³-hybridized carbons (Fsp3) is 0.118. The number of carbonyl (C=O) groups excluding carboxylic acids is 2. The fourth-order valence-corrected chi connectivity index (χ4v) is 2.46. The normalized spacial score (nSPS) is 10.5. The minimum atomic E-state index is -0.340. The van der Waals surface area contributed by atoms with E-state index in [1.165, 1.54) is 13.1 Å². The van der Waals surface area contributed by atoms with Crippen LogP contribution in [0.5, 0.6) is 5.75 Å². The maximum Gasteiger partial charge on any atom is 0.271 e. The monoisotopic (exact) mass is 389 g/mol. The van der Waals surface area contributed by atoms with Crippen LogP contribution in [0.25, 0.3) is 0 Å². The van der Waals surface area contributed by atoms with E-state index in [9.17, 15) is 9.59 Å². The number of nitrogens with one attached hydrogen (secondary N) is 2. The number of halogens is 1. The van der Waals surface area contributed by atoms with Crippen molar-refractivity contribution in [2.45, 2.75) is 6.92 Å². The quantitative estimate of drug-likeness (QED) is 0.608. The molecule has 2 aromatic carbocycles. The number of hydrazone groups is 1. The number of benzene rings is 2. The molecule has 7 heteroatoms. The molecule has 0 aromatic heterocycles. The van der Waals surface area contributed by atoms with E-state index in [0.717, 1.165) is 15.8 Å². The summed E-state index contributed by atoms with van der Waals surface area (Å²) in [6.07, 6.45) is 1.54. The van der Waals surface area contributed by atoms with Gasteiger partial charge in [0.05, 0.1) is 17.8 Å². The summed E-state index contributed by atoms with van der Waals surface area (Å²) in [5.74, 6) is 0.214. The molecular formula is C17H16BrN3O3. The highest BCUT2D eigenvalue weighted by Gasteiger charge is 2.04. The first-order valence-electron chi connectivity index (χ1n) is 7.04. The largest absolute Gasteiger partial charge is 0.496 e. The van der Waals surface area contributed by atoms with Gasteiger partial charge in [-0.15, -0.1) is 0 Å². The number of hydrogen-bond donors (Lipinski definition) is 2. The fourth-order valence-electron chi connectivity index (χ4n) is 1.90. The molecule has 24 heavy (non-hydrogen) atoms. The van der Waals surface area contributed by atoms with Crippen molar-refractivity contribution in [3.05, 3.63) is 58.1 Å². The van der Waals surface area contributed by atoms with Gasteiger partial charge in [-0.2, -0.15) is 5.10 Å². The molecule has 2 N–H and O–H groups in total. The second kappa shape index (κ2) is 8.26. The molecule has 0 heterocycles. The third-order valence-electron chi connectivity index (χ3n) is 3.02. The SMILES string of the molecule is COc1ccc(/C=N\NC(=O)c2ccc(NC(C)=O)cc2)cc1Br. The zero-order valence-corrected chi connectivity index (χ0v) is 14.8. The molecule has 0 aliphatic carbocycles. The zero-order chi connectivity index (χ0) is 17.5. The number of nitrogens with zero attached hydrogens (tertiary/aromatic N) is 1. The molecule has 0 fully saturated rings. The van der Waals surface area contributed by atoms with Gasteiger partial charge in [-0.1, -0.05) is 0 Å². The Balaban J connectivity index is 1.97. The molecule has 0 saturated carbocycles. The predicted octanol–water partition coefficient (Wildman–Crippen LogP) is 3.18. The van der Waals surface area contributed by atoms with E-state index >= 15 is 0 Å². The average molecular weight is 390 g/mol. The van der Waals surface area contributed by atoms with Crippen molar-refractivity contribution in [3.8, 4) is 5.75 Å². The van der Waals surface area contributed by atoms with E-state index in [0.29, 0.717) is 11.3 Å². The number of rotatable bonds is 5. The summed E-state index contributed by atoms with van der Waals surface area (Å²) in [4.78, 5) is 22.9. The summed E-state index contributed by atoms with van der Waals surface area (Å²) in [5, 5.41) is 6.56. The highest BCUT2D eigenvalue weighted by atomic mass is 79.9. The minimum absolute atomic E-state index is 0.164. The lowest BCUT2D eigenvalue weighted by molar-refractivity contribution is -0.114. The molecular weight excluding hydrogens is 374 g/mol. The van der Waals surface area contributed by atoms with Crippen molar-refractivity contribution in [3.63, 3.8) is 0 Å². The predicted molar refractivity (Wildman–Crippen MR) is 96.5 cm³/mol. The molecule has 0 radical (unpaired) electrons. The van der Waals surface area contributed by atoms with Crippen molar-refractivity contribution < 1.29 is 14.3 Å². The Kier molecular flexibility index (Phi) is 6.08. The Morgan fingerprint density at radius 1 is 1.17 bits per heavy atom. The zero-order valence-electron chi connectivity index (χ0n) is 13.2. The molecule has 2 amide bonds. The van der Waals surface area contributed by atoms with Gasteiger partial charge >= 0.3 is 0 Å². The van der Waals surface area contributed by atoms with Crippen LogP contribution in [-0.4, -0.2) is 25.1 Å². The van der Waals surface area contributed by atoms with Crippen LogP contribution in [0, 0.1) is 0 Å². The summed E-state index contributed by atoms with van der Waals surface area (Å²) >= 11 is 3.38. The van der Waals surface area contributed by atoms with Crippen LogP contribution in [-0.2, 0) is 4.79 Å². The first-order chi connectivity index (χ1) is 11.5. The van der Waals surface area contributed by atoms with Crippen LogP contribution in [0.15, 0.2) is 52.0 Å². The number of ether oxygens (including phenoxy) is 1. The second-order valence-corrected chi connectivity index (χ2v) is 5.71. The Morgan fingerprint density at radius 2 is 1.88 bits per heavy atom. The molecule has 0 atom stereocenters. The third kappa shape index (κ3) is 4.92. The lowest BCUT2D eigenvalue weighted by atomic mass is 10.2. The summed E-state index contributed by atoms with van der Waals surface area (Å²) < 4.78 is 5.95. The van der Waals surface area contributed by atoms with Gasteiger partial charge in [-0.05, 0) is 64.0 Å². The third-order valence-corrected chi connectivity index (χ3v) is 3.64. The van der Waals surface area contributed by atoms with E-state index in [2.05, 4.69) is 31.8 Å². The molecule has 0 saturated heterocycles. The van der Waals surface area contributed by atoms with Gasteiger partial charge < -0.3 is 10.1 Å². The highest BCUT2D eigenvalue weighted by Crippen LogP contribution is 2.24. The van der Waals surface area contributed by atoms with Crippen LogP contribution in [0.2, 0.25) is 0 Å². The molecule has 6 nitrogen and oxygen atoms in total. The van der Waals surface area contributed by atoms with Gasteiger partial charge in [0, 0.05) is 18.2 Å². The van der Waals surface area contributed by atoms with Gasteiger partial charge in [0.2, 0.25) is 5.91 Å². The van der Waals surface area contributed by atoms with Crippen LogP contribution in [0.4, 0.5) is 5.69 Å². The van der Waals surface area contributed by atoms with Gasteiger partial charge in [0.15, 0.2) is 0 Å². The Morgan fingerprint density at radius 3 is 2.46 bits per heavy atom. The summed E-state index contributed by atoms with van der Waals surface area (Å²) in [7, 11) is 1.59. The van der Waals surface area contributed by atoms with Gasteiger partial charge in [-0.25, -0.2) is 5.43 Å². The van der Waals surface area contributed by atoms with Crippen LogP contribution in [0.1, 0.15) is 22.8 Å². The maximum absolute atomic E-state index is 12.0. The molecule has 0 aliphatic heterocycles. The summed E-state index contributed by atoms with van der Waals surface area (Å²) in [5.41, 5.74) is 4.33. The molecule has 124 valence electrons. The van der Waals surface area contributed by atoms with E-state index in [-0.39, 0.29) is 11.8 Å². The first kappa shape index (κ1) is 17.7. The molecule has 2 aromatic rings. The lowest BCUT2D eigenvalue weighted by Crippen LogP contribution is -2.17. The molecule has 2 rings (SSSR count). The number of amides is 2. The number of anilines is 1. The maximum atomic E-state index is 12.0. The van der Waals surface area contributed by atoms with Crippen LogP contribution >= 0.6 is 15.9 Å². The van der Waals surface area contributed by atoms with Crippen molar-refractivity contribution in [1.29, 1.82) is 0 Å². The summed E-state index contributed by atoms with van der Waals surface area (Å²) in [6, 6.07) is 12.0. The van der Waals surface area contributed by atoms with Gasteiger partial charge in [0.25, 0.3) is 5.91 Å². The van der Waals surface area contributed by atoms with Gasteiger partial charge in [0.1, 0.15) is 5.75 Å². The topological polar surface area (TPSA) is 79.8 Å². The molecule has 0 spiro atoms. The van der Waals surface area contributed by atoms with Crippen molar-refractivity contribution in [2.75, 3.05) is 12.4 Å². The highest BCUT2D eigenvalue weighted by molar-refractivity contribution is 9.10. The molecule has 0 aliphatic rings. The van der Waals surface area contributed by atoms with Crippen LogP contribution in [0.3, 0.4) is 0 Å². The van der Waals surface area contributed by atoms with Crippen molar-refractivity contribution >= 4 is 39.6 Å². The second-order valence-electron chi connectivity index (χ2n) is 4.85. The smallest absolute Gasteiger partial charge is 0.271 e. The van der Waals surface area contributed by atoms with Crippen LogP contribution < -0.4 is 15.5 Å². The average Bonchev–Trinajstić information content (AvgIpc) is 2.55. The molecule has 0 bridgehead atoms. The first-order valence-corrected chi connectivity index (χ1v) is 7.83. The van der Waals surface area contributed by atoms with Crippen molar-refractivity contribution in [1.82, 2.24) is 5.43 Å². The van der Waals surface area contributed by atoms with E-state index in [1.807, 2.05) is 12.1 Å². The van der Waals surface area contributed by atoms with Gasteiger partial charge in [-0.3, -0.25) is 9.59 Å². The Labute approximate surface area is 148 Å². The Hall–Kier alpha value is -2.67. The van der Waals surface area contributed by atoms with Crippen molar-refractivity contribution in [2.24, 2.45) is 5.10 Å². The minimum Gasteiger partial charge on any atom is -0.496 e. The Bertz CT molecular complexity index is 773. The number of methoxy groups -OCH3 is 1. The standard InChI is InChI=1S/C17H16BrN3O3/c1-11(22)20-14-6-4-13(5-7-14)17(23)21-19-10-12-3-8-16(24-2)15(18)9-12/h3-10H,1-2H3,(H,20,22)(H,21,23)/b19-10-. The van der Waals surface area contributed by atoms with E-state index in [4.69, 9.17) is 4.74 Å². The van der Waals surface area contributed by atoms with E-state index in [1.54, 1.807) is 37.4 Å².